The molecule has 1 amide bonds. The molecule has 2 aromatic heterocycles. The molecule has 1 aromatic carbocycles. The average Bonchev–Trinajstić information content (AvgIpc) is 2.85. The summed E-state index contributed by atoms with van der Waals surface area (Å²) in [6.07, 6.45) is -1.37. The number of sulfonamides is 1. The van der Waals surface area contributed by atoms with E-state index in [1.807, 2.05) is 0 Å². The molecule has 0 spiro atoms. The van der Waals surface area contributed by atoms with Gasteiger partial charge in [-0.3, -0.25) is 9.78 Å². The van der Waals surface area contributed by atoms with Gasteiger partial charge in [0.05, 0.1) is 11.1 Å². The molecule has 0 radical (unpaired) electrons. The van der Waals surface area contributed by atoms with Crippen LogP contribution in [0.25, 0.3) is 11.1 Å². The van der Waals surface area contributed by atoms with Crippen LogP contribution in [0.3, 0.4) is 0 Å². The third-order valence-corrected chi connectivity index (χ3v) is 7.53. The second-order valence-corrected chi connectivity index (χ2v) is 10.0. The molecule has 3 aromatic rings. The van der Waals surface area contributed by atoms with Crippen molar-refractivity contribution in [2.75, 3.05) is 18.4 Å². The summed E-state index contributed by atoms with van der Waals surface area (Å²) >= 11 is 0. The van der Waals surface area contributed by atoms with Gasteiger partial charge < -0.3 is 15.8 Å². The minimum atomic E-state index is -4.79. The van der Waals surface area contributed by atoms with E-state index in [9.17, 15) is 26.4 Å². The normalized spacial score (nSPS) is 15.4. The maximum atomic E-state index is 13.1. The van der Waals surface area contributed by atoms with Gasteiger partial charge in [0.1, 0.15) is 17.3 Å². The fourth-order valence-electron chi connectivity index (χ4n) is 3.82. The molecular formula is C23H22F3N5O4S. The second-order valence-electron chi connectivity index (χ2n) is 8.07. The van der Waals surface area contributed by atoms with Crippen LogP contribution in [-0.4, -0.2) is 54.1 Å². The number of nitrogens with two attached hydrogens (primary N) is 1. The molecule has 13 heteroatoms. The van der Waals surface area contributed by atoms with E-state index in [4.69, 9.17) is 5.73 Å². The Balaban J connectivity index is 1.36. The van der Waals surface area contributed by atoms with Crippen LogP contribution in [0, 0.1) is 0 Å². The van der Waals surface area contributed by atoms with E-state index in [1.54, 1.807) is 18.2 Å². The number of pyridine rings is 2. The molecule has 1 aliphatic heterocycles. The average molecular weight is 522 g/mol. The first-order valence-electron chi connectivity index (χ1n) is 10.9. The van der Waals surface area contributed by atoms with Gasteiger partial charge in [-0.05, 0) is 60.4 Å². The molecule has 3 N–H and O–H groups in total. The number of carbonyl (C=O) groups excluding carboxylic acids is 1. The van der Waals surface area contributed by atoms with Gasteiger partial charge in [-0.1, -0.05) is 12.1 Å². The van der Waals surface area contributed by atoms with E-state index in [-0.39, 0.29) is 29.7 Å². The first-order valence-corrected chi connectivity index (χ1v) is 12.3. The molecule has 0 saturated carbocycles. The summed E-state index contributed by atoms with van der Waals surface area (Å²) in [5.41, 5.74) is 6.77. The number of primary amides is 1. The predicted octanol–water partition coefficient (Wildman–Crippen LogP) is 3.41. The van der Waals surface area contributed by atoms with E-state index < -0.39 is 28.0 Å². The van der Waals surface area contributed by atoms with Gasteiger partial charge in [-0.15, -0.1) is 13.2 Å². The number of hydrogen-bond acceptors (Lipinski definition) is 7. The van der Waals surface area contributed by atoms with E-state index in [0.717, 1.165) is 12.3 Å². The Labute approximate surface area is 205 Å². The maximum Gasteiger partial charge on any atom is 0.573 e. The van der Waals surface area contributed by atoms with Gasteiger partial charge in [-0.2, -0.15) is 4.31 Å². The lowest BCUT2D eigenvalue weighted by Crippen LogP contribution is -2.42. The quantitative estimate of drug-likeness (QED) is 0.488. The molecule has 190 valence electrons. The molecular weight excluding hydrogens is 499 g/mol. The van der Waals surface area contributed by atoms with Crippen molar-refractivity contribution >= 4 is 21.7 Å². The number of anilines is 1. The first kappa shape index (κ1) is 25.4. The fourth-order valence-corrected chi connectivity index (χ4v) is 5.29. The zero-order chi connectivity index (χ0) is 25.9. The Bertz CT molecular complexity index is 1330. The van der Waals surface area contributed by atoms with Crippen molar-refractivity contribution in [3.8, 4) is 16.9 Å². The summed E-state index contributed by atoms with van der Waals surface area (Å²) in [7, 11) is -3.72. The van der Waals surface area contributed by atoms with Crippen LogP contribution in [0.5, 0.6) is 5.75 Å². The zero-order valence-corrected chi connectivity index (χ0v) is 19.6. The van der Waals surface area contributed by atoms with Gasteiger partial charge in [0.15, 0.2) is 0 Å². The molecule has 1 saturated heterocycles. The lowest BCUT2D eigenvalue weighted by atomic mass is 10.1. The number of piperidine rings is 1. The Morgan fingerprint density at radius 2 is 1.72 bits per heavy atom. The highest BCUT2D eigenvalue weighted by molar-refractivity contribution is 7.89. The number of aromatic nitrogens is 2. The molecule has 0 unspecified atom stereocenters. The van der Waals surface area contributed by atoms with E-state index >= 15 is 0 Å². The van der Waals surface area contributed by atoms with Gasteiger partial charge in [-0.25, -0.2) is 13.4 Å². The van der Waals surface area contributed by atoms with Gasteiger partial charge in [0.25, 0.3) is 5.91 Å². The smallest absolute Gasteiger partial charge is 0.404 e. The van der Waals surface area contributed by atoms with Crippen LogP contribution >= 0.6 is 0 Å². The van der Waals surface area contributed by atoms with Crippen LogP contribution in [0.2, 0.25) is 0 Å². The molecule has 4 rings (SSSR count). The summed E-state index contributed by atoms with van der Waals surface area (Å²) in [5.74, 6) is -0.702. The van der Waals surface area contributed by atoms with Crippen molar-refractivity contribution in [3.63, 3.8) is 0 Å². The highest BCUT2D eigenvalue weighted by Crippen LogP contribution is 2.27. The lowest BCUT2D eigenvalue weighted by molar-refractivity contribution is -0.274. The molecule has 0 aliphatic carbocycles. The molecule has 9 nitrogen and oxygen atoms in total. The second kappa shape index (κ2) is 10.1. The number of rotatable bonds is 7. The highest BCUT2D eigenvalue weighted by Gasteiger charge is 2.32. The molecule has 3 heterocycles. The topological polar surface area (TPSA) is 128 Å². The number of carbonyl (C=O) groups is 1. The standard InChI is InChI=1S/C23H22F3N5O4S/c24-23(25,26)35-18-3-6-21(29-14-18)30-17-8-11-31(12-9-17)36(33,34)19-4-1-15(2-5-19)16-7-10-28-20(13-16)22(27)32/h1-7,10,13-14,17H,8-9,11-12H2,(H2,27,32)(H,29,30). The van der Waals surface area contributed by atoms with Crippen molar-refractivity contribution in [3.05, 3.63) is 66.6 Å². The van der Waals surface area contributed by atoms with Gasteiger partial charge >= 0.3 is 6.36 Å². The Hall–Kier alpha value is -3.71. The number of nitrogens with zero attached hydrogens (tertiary/aromatic N) is 3. The van der Waals surface area contributed by atoms with Crippen molar-refractivity contribution in [1.29, 1.82) is 0 Å². The molecule has 0 bridgehead atoms. The monoisotopic (exact) mass is 521 g/mol. The fraction of sp³-hybridized carbons (Fsp3) is 0.261. The number of hydrogen-bond donors (Lipinski definition) is 2. The van der Waals surface area contributed by atoms with Crippen LogP contribution in [0.4, 0.5) is 19.0 Å². The maximum absolute atomic E-state index is 13.1. The summed E-state index contributed by atoms with van der Waals surface area (Å²) in [6.45, 7) is 0.534. The molecule has 36 heavy (non-hydrogen) atoms. The van der Waals surface area contributed by atoms with Crippen molar-refractivity contribution < 1.29 is 31.1 Å². The number of nitrogens with one attached hydrogen (secondary N) is 1. The Kier molecular flexibility index (Phi) is 7.13. The lowest BCUT2D eigenvalue weighted by Gasteiger charge is -2.32. The minimum absolute atomic E-state index is 0.0909. The highest BCUT2D eigenvalue weighted by atomic mass is 32.2. The van der Waals surface area contributed by atoms with E-state index in [1.165, 1.54) is 34.8 Å². The largest absolute Gasteiger partial charge is 0.573 e. The van der Waals surface area contributed by atoms with Gasteiger partial charge in [0.2, 0.25) is 10.0 Å². The minimum Gasteiger partial charge on any atom is -0.404 e. The number of ether oxygens (including phenoxy) is 1. The number of alkyl halides is 3. The van der Waals surface area contributed by atoms with Gasteiger partial charge in [0, 0.05) is 25.3 Å². The molecule has 1 aliphatic rings. The van der Waals surface area contributed by atoms with Crippen LogP contribution in [0.15, 0.2) is 65.8 Å². The summed E-state index contributed by atoms with van der Waals surface area (Å²) in [4.78, 5) is 19.3. The Morgan fingerprint density at radius 1 is 1.03 bits per heavy atom. The summed E-state index contributed by atoms with van der Waals surface area (Å²) < 4.78 is 68.2. The van der Waals surface area contributed by atoms with E-state index in [0.29, 0.717) is 29.8 Å². The van der Waals surface area contributed by atoms with Crippen LogP contribution < -0.4 is 15.8 Å². The Morgan fingerprint density at radius 3 is 2.31 bits per heavy atom. The summed E-state index contributed by atoms with van der Waals surface area (Å²) in [6, 6.07) is 12.0. The predicted molar refractivity (Wildman–Crippen MR) is 125 cm³/mol. The summed E-state index contributed by atoms with van der Waals surface area (Å²) in [5, 5.41) is 3.11. The van der Waals surface area contributed by atoms with E-state index in [2.05, 4.69) is 20.0 Å². The zero-order valence-electron chi connectivity index (χ0n) is 18.8. The number of benzene rings is 1. The van der Waals surface area contributed by atoms with Crippen molar-refractivity contribution in [2.45, 2.75) is 30.1 Å². The number of amides is 1. The van der Waals surface area contributed by atoms with Crippen molar-refractivity contribution in [1.82, 2.24) is 14.3 Å². The first-order chi connectivity index (χ1) is 17.0. The molecule has 1 fully saturated rings. The van der Waals surface area contributed by atoms with Crippen LogP contribution in [-0.2, 0) is 10.0 Å². The molecule has 0 atom stereocenters. The number of halogens is 3. The van der Waals surface area contributed by atoms with Crippen LogP contribution in [0.1, 0.15) is 23.3 Å². The van der Waals surface area contributed by atoms with Crippen molar-refractivity contribution in [2.24, 2.45) is 5.73 Å². The SMILES string of the molecule is NC(=O)c1cc(-c2ccc(S(=O)(=O)N3CCC(Nc4ccc(OC(F)(F)F)cn4)CC3)cc2)ccn1. The third-order valence-electron chi connectivity index (χ3n) is 5.61. The third kappa shape index (κ3) is 6.10.